The van der Waals surface area contributed by atoms with E-state index in [4.69, 9.17) is 9.16 Å². The van der Waals surface area contributed by atoms with Gasteiger partial charge in [-0.05, 0) is 36.5 Å². The van der Waals surface area contributed by atoms with Crippen molar-refractivity contribution in [2.45, 2.75) is 85.4 Å². The van der Waals surface area contributed by atoms with Crippen LogP contribution >= 0.6 is 0 Å². The van der Waals surface area contributed by atoms with Crippen LogP contribution in [0.3, 0.4) is 0 Å². The molecule has 154 valence electrons. The molecule has 0 unspecified atom stereocenters. The van der Waals surface area contributed by atoms with Crippen molar-refractivity contribution in [1.82, 2.24) is 5.32 Å². The van der Waals surface area contributed by atoms with Crippen molar-refractivity contribution < 1.29 is 14.0 Å². The molecule has 1 aromatic carbocycles. The number of benzene rings is 1. The normalized spacial score (nSPS) is 15.9. The van der Waals surface area contributed by atoms with Crippen molar-refractivity contribution in [3.05, 3.63) is 35.9 Å². The van der Waals surface area contributed by atoms with Crippen LogP contribution < -0.4 is 5.32 Å². The number of ether oxygens (including phenoxy) is 1. The van der Waals surface area contributed by atoms with E-state index in [1.165, 1.54) is 0 Å². The van der Waals surface area contributed by atoms with Crippen molar-refractivity contribution in [2.24, 2.45) is 11.8 Å². The summed E-state index contributed by atoms with van der Waals surface area (Å²) in [6.07, 6.45) is -0.289. The molecule has 0 saturated heterocycles. The van der Waals surface area contributed by atoms with E-state index in [0.717, 1.165) is 5.56 Å². The number of hydrogen-bond donors (Lipinski definition) is 1. The van der Waals surface area contributed by atoms with Gasteiger partial charge in [0.1, 0.15) is 6.61 Å². The largest absolute Gasteiger partial charge is 0.445 e. The van der Waals surface area contributed by atoms with Crippen molar-refractivity contribution in [3.63, 3.8) is 0 Å². The topological polar surface area (TPSA) is 47.6 Å². The van der Waals surface area contributed by atoms with Gasteiger partial charge in [0.2, 0.25) is 0 Å². The van der Waals surface area contributed by atoms with Crippen molar-refractivity contribution in [3.8, 4) is 0 Å². The molecule has 0 aromatic heterocycles. The first-order chi connectivity index (χ1) is 12.3. The average molecular weight is 394 g/mol. The van der Waals surface area contributed by atoms with Crippen LogP contribution in [0.25, 0.3) is 0 Å². The third kappa shape index (κ3) is 7.30. The molecule has 0 aliphatic heterocycles. The fraction of sp³-hybridized carbons (Fsp3) is 0.682. The fourth-order valence-corrected chi connectivity index (χ4v) is 4.25. The van der Waals surface area contributed by atoms with Crippen LogP contribution in [0.15, 0.2) is 30.3 Å². The van der Waals surface area contributed by atoms with Crippen LogP contribution in [0.4, 0.5) is 4.79 Å². The van der Waals surface area contributed by atoms with Gasteiger partial charge in [-0.3, -0.25) is 0 Å². The molecule has 0 spiro atoms. The van der Waals surface area contributed by atoms with Crippen molar-refractivity contribution >= 4 is 14.4 Å². The summed E-state index contributed by atoms with van der Waals surface area (Å²) in [7, 11) is -1.88. The summed E-state index contributed by atoms with van der Waals surface area (Å²) in [6.45, 7) is 20.2. The summed E-state index contributed by atoms with van der Waals surface area (Å²) in [5.74, 6) is 0.558. The van der Waals surface area contributed by atoms with Gasteiger partial charge in [-0.15, -0.1) is 0 Å². The Balaban J connectivity index is 2.67. The lowest BCUT2D eigenvalue weighted by molar-refractivity contribution is 0.0633. The highest BCUT2D eigenvalue weighted by Crippen LogP contribution is 2.39. The van der Waals surface area contributed by atoms with Crippen LogP contribution in [0.1, 0.15) is 54.0 Å². The van der Waals surface area contributed by atoms with Gasteiger partial charge < -0.3 is 14.5 Å². The van der Waals surface area contributed by atoms with Crippen LogP contribution in [0, 0.1) is 11.8 Å². The zero-order chi connectivity index (χ0) is 20.8. The number of hydrogen-bond acceptors (Lipinski definition) is 3. The molecular formula is C22H39NO3Si. The maximum absolute atomic E-state index is 12.2. The van der Waals surface area contributed by atoms with Crippen molar-refractivity contribution in [1.29, 1.82) is 0 Å². The van der Waals surface area contributed by atoms with Gasteiger partial charge in [0.25, 0.3) is 0 Å². The molecular weight excluding hydrogens is 354 g/mol. The monoisotopic (exact) mass is 393 g/mol. The smallest absolute Gasteiger partial charge is 0.407 e. The molecule has 0 fully saturated rings. The molecule has 1 aromatic rings. The van der Waals surface area contributed by atoms with E-state index in [-0.39, 0.29) is 35.8 Å². The number of carbonyl (C=O) groups is 1. The third-order valence-electron chi connectivity index (χ3n) is 5.76. The Bertz CT molecular complexity index is 581. The third-order valence-corrected chi connectivity index (χ3v) is 10.2. The van der Waals surface area contributed by atoms with Crippen LogP contribution in [-0.2, 0) is 15.8 Å². The lowest BCUT2D eigenvalue weighted by Gasteiger charge is -2.43. The van der Waals surface area contributed by atoms with E-state index < -0.39 is 8.32 Å². The maximum Gasteiger partial charge on any atom is 0.407 e. The molecule has 4 nitrogen and oxygen atoms in total. The highest BCUT2D eigenvalue weighted by molar-refractivity contribution is 6.74. The summed E-state index contributed by atoms with van der Waals surface area (Å²) in [5, 5.41) is 3.14. The highest BCUT2D eigenvalue weighted by atomic mass is 28.4. The highest BCUT2D eigenvalue weighted by Gasteiger charge is 2.41. The second-order valence-corrected chi connectivity index (χ2v) is 14.2. The Hall–Kier alpha value is -1.33. The molecule has 1 N–H and O–H groups in total. The molecule has 1 rings (SSSR count). The summed E-state index contributed by atoms with van der Waals surface area (Å²) in [6, 6.07) is 9.68. The molecule has 5 heteroatoms. The Morgan fingerprint density at radius 3 is 2.11 bits per heavy atom. The van der Waals surface area contributed by atoms with Crippen LogP contribution in [0.2, 0.25) is 18.1 Å². The van der Waals surface area contributed by atoms with E-state index in [2.05, 4.69) is 60.0 Å². The Morgan fingerprint density at radius 2 is 1.63 bits per heavy atom. The molecule has 0 bridgehead atoms. The number of nitrogens with one attached hydrogen (secondary N) is 1. The minimum atomic E-state index is -1.88. The second-order valence-electron chi connectivity index (χ2n) is 9.44. The van der Waals surface area contributed by atoms with Gasteiger partial charge in [0, 0.05) is 12.0 Å². The van der Waals surface area contributed by atoms with E-state index >= 15 is 0 Å². The SMILES string of the molecule is CC(C)[C@H](O[Si](C)(C)C(C)(C)C)[C@@H](C)[C@@H](C)NC(=O)OCc1ccccc1. The molecule has 3 atom stereocenters. The number of amides is 1. The minimum absolute atomic E-state index is 0.0366. The lowest BCUT2D eigenvalue weighted by atomic mass is 9.90. The van der Waals surface area contributed by atoms with Gasteiger partial charge in [0.05, 0.1) is 6.10 Å². The number of alkyl carbamates (subject to hydrolysis) is 1. The quantitative estimate of drug-likeness (QED) is 0.552. The number of carbonyl (C=O) groups excluding carboxylic acids is 1. The van der Waals surface area contributed by atoms with E-state index in [9.17, 15) is 4.79 Å². The fourth-order valence-electron chi connectivity index (χ4n) is 2.73. The molecule has 1 amide bonds. The first-order valence-electron chi connectivity index (χ1n) is 10.00. The van der Waals surface area contributed by atoms with Gasteiger partial charge >= 0.3 is 6.09 Å². The lowest BCUT2D eigenvalue weighted by Crippen LogP contribution is -2.51. The van der Waals surface area contributed by atoms with Crippen LogP contribution in [-0.4, -0.2) is 26.6 Å². The van der Waals surface area contributed by atoms with E-state index in [1.54, 1.807) is 0 Å². The molecule has 27 heavy (non-hydrogen) atoms. The zero-order valence-electron chi connectivity index (χ0n) is 18.6. The molecule has 0 saturated carbocycles. The first-order valence-corrected chi connectivity index (χ1v) is 12.9. The summed E-state index contributed by atoms with van der Waals surface area (Å²) < 4.78 is 12.1. The van der Waals surface area contributed by atoms with E-state index in [0.29, 0.717) is 5.92 Å². The molecule has 0 heterocycles. The Morgan fingerprint density at radius 1 is 1.07 bits per heavy atom. The predicted octanol–water partition coefficient (Wildman–Crippen LogP) is 5.98. The van der Waals surface area contributed by atoms with Gasteiger partial charge in [-0.1, -0.05) is 71.9 Å². The molecule has 0 radical (unpaired) electrons. The number of rotatable bonds is 8. The maximum atomic E-state index is 12.2. The Kier molecular flexibility index (Phi) is 8.55. The first kappa shape index (κ1) is 23.7. The average Bonchev–Trinajstić information content (AvgIpc) is 2.57. The van der Waals surface area contributed by atoms with E-state index in [1.807, 2.05) is 37.3 Å². The van der Waals surface area contributed by atoms with Crippen molar-refractivity contribution in [2.75, 3.05) is 0 Å². The summed E-state index contributed by atoms with van der Waals surface area (Å²) >= 11 is 0. The van der Waals surface area contributed by atoms with Gasteiger partial charge in [-0.25, -0.2) is 4.79 Å². The van der Waals surface area contributed by atoms with Crippen LogP contribution in [0.5, 0.6) is 0 Å². The summed E-state index contributed by atoms with van der Waals surface area (Å²) in [4.78, 5) is 12.2. The minimum Gasteiger partial charge on any atom is -0.445 e. The van der Waals surface area contributed by atoms with Gasteiger partial charge in [0.15, 0.2) is 8.32 Å². The zero-order valence-corrected chi connectivity index (χ0v) is 19.6. The predicted molar refractivity (Wildman–Crippen MR) is 115 cm³/mol. The standard InChI is InChI=1S/C22H39NO3Si/c1-16(2)20(26-27(8,9)22(5,6)7)17(3)18(4)23-21(24)25-15-19-13-11-10-12-14-19/h10-14,16-18,20H,15H2,1-9H3,(H,23,24)/t17-,18+,20-/m0/s1. The second kappa shape index (κ2) is 9.74. The Labute approximate surface area is 167 Å². The van der Waals surface area contributed by atoms with Gasteiger partial charge in [-0.2, -0.15) is 0 Å². The molecule has 0 aliphatic rings. The summed E-state index contributed by atoms with van der Waals surface area (Å²) in [5.41, 5.74) is 0.981. The molecule has 0 aliphatic carbocycles.